The van der Waals surface area contributed by atoms with E-state index in [1.54, 1.807) is 18.3 Å². The van der Waals surface area contributed by atoms with Gasteiger partial charge in [0, 0.05) is 10.7 Å². The molecule has 7 nitrogen and oxygen atoms in total. The van der Waals surface area contributed by atoms with Gasteiger partial charge < -0.3 is 34.9 Å². The first-order chi connectivity index (χ1) is 10.9. The van der Waals surface area contributed by atoms with Gasteiger partial charge in [-0.3, -0.25) is 0 Å². The summed E-state index contributed by atoms with van der Waals surface area (Å²) in [6.45, 7) is -0.523. The van der Waals surface area contributed by atoms with E-state index in [0.29, 0.717) is 20.6 Å². The number of halogens is 2. The van der Waals surface area contributed by atoms with Gasteiger partial charge in [-0.25, -0.2) is 0 Å². The van der Waals surface area contributed by atoms with Crippen LogP contribution in [0.1, 0.15) is 0 Å². The molecule has 5 atom stereocenters. The average Bonchev–Trinajstić information content (AvgIpc) is 2.95. The van der Waals surface area contributed by atoms with Crippen LogP contribution in [-0.4, -0.2) is 62.7 Å². The van der Waals surface area contributed by atoms with Crippen LogP contribution in [0.3, 0.4) is 0 Å². The van der Waals surface area contributed by atoms with E-state index >= 15 is 0 Å². The predicted molar refractivity (Wildman–Crippen MR) is 85.4 cm³/mol. The van der Waals surface area contributed by atoms with Crippen molar-refractivity contribution in [3.8, 4) is 5.75 Å². The molecule has 9 heteroatoms. The molecule has 0 aliphatic carbocycles. The van der Waals surface area contributed by atoms with Crippen LogP contribution in [0, 0.1) is 0 Å². The molecule has 1 aliphatic rings. The van der Waals surface area contributed by atoms with Gasteiger partial charge in [-0.2, -0.15) is 0 Å². The highest BCUT2D eigenvalue weighted by Gasteiger charge is 2.44. The van der Waals surface area contributed by atoms with E-state index < -0.39 is 37.3 Å². The van der Waals surface area contributed by atoms with Crippen molar-refractivity contribution >= 4 is 38.4 Å². The summed E-state index contributed by atoms with van der Waals surface area (Å²) in [5.41, 5.74) is 0.720. The summed E-state index contributed by atoms with van der Waals surface area (Å²) in [7, 11) is 0. The Balaban J connectivity index is 1.91. The maximum Gasteiger partial charge on any atom is 0.229 e. The minimum absolute atomic E-state index is 0.315. The highest BCUT2D eigenvalue weighted by molar-refractivity contribution is 9.10. The SMILES string of the molecule is OC[C@@H]1O[C@H](Oc2c[nH]c3ccc(Br)c(Cl)c23)[C@H](O)[C@H](O)[C@@H]1O. The van der Waals surface area contributed by atoms with Gasteiger partial charge in [0.25, 0.3) is 0 Å². The largest absolute Gasteiger partial charge is 0.460 e. The van der Waals surface area contributed by atoms with Gasteiger partial charge in [-0.05, 0) is 28.1 Å². The third-order valence-corrected chi connectivity index (χ3v) is 5.07. The molecule has 5 N–H and O–H groups in total. The Morgan fingerprint density at radius 3 is 2.65 bits per heavy atom. The molecule has 2 aromatic rings. The summed E-state index contributed by atoms with van der Waals surface area (Å²) in [5, 5.41) is 39.8. The number of hydrogen-bond donors (Lipinski definition) is 5. The Morgan fingerprint density at radius 1 is 1.22 bits per heavy atom. The zero-order valence-corrected chi connectivity index (χ0v) is 14.0. The second kappa shape index (κ2) is 6.56. The van der Waals surface area contributed by atoms with Crippen LogP contribution in [0.4, 0.5) is 0 Å². The second-order valence-corrected chi connectivity index (χ2v) is 6.48. The minimum atomic E-state index is -1.50. The third-order valence-electron chi connectivity index (χ3n) is 3.79. The van der Waals surface area contributed by atoms with Gasteiger partial charge >= 0.3 is 0 Å². The molecule has 23 heavy (non-hydrogen) atoms. The van der Waals surface area contributed by atoms with Crippen LogP contribution in [0.15, 0.2) is 22.8 Å². The quantitative estimate of drug-likeness (QED) is 0.512. The van der Waals surface area contributed by atoms with Crippen LogP contribution in [0.2, 0.25) is 5.02 Å². The fourth-order valence-electron chi connectivity index (χ4n) is 2.51. The lowest BCUT2D eigenvalue weighted by Gasteiger charge is -2.39. The lowest BCUT2D eigenvalue weighted by molar-refractivity contribution is -0.277. The Bertz CT molecular complexity index is 708. The molecule has 126 valence electrons. The molecule has 1 aromatic carbocycles. The van der Waals surface area contributed by atoms with Crippen molar-refractivity contribution in [3.63, 3.8) is 0 Å². The number of rotatable bonds is 3. The molecule has 0 bridgehead atoms. The van der Waals surface area contributed by atoms with Crippen molar-refractivity contribution in [1.82, 2.24) is 4.98 Å². The number of aliphatic hydroxyl groups excluding tert-OH is 4. The summed E-state index contributed by atoms with van der Waals surface area (Å²) in [6.07, 6.45) is -5.17. The number of fused-ring (bicyclic) bond motifs is 1. The molecule has 1 aliphatic heterocycles. The monoisotopic (exact) mass is 407 g/mol. The lowest BCUT2D eigenvalue weighted by Crippen LogP contribution is -2.60. The Labute approximate surface area is 144 Å². The van der Waals surface area contributed by atoms with Crippen molar-refractivity contribution < 1.29 is 29.9 Å². The maximum atomic E-state index is 10.0. The molecule has 1 aromatic heterocycles. The number of H-pyrrole nitrogens is 1. The Morgan fingerprint density at radius 2 is 1.96 bits per heavy atom. The smallest absolute Gasteiger partial charge is 0.229 e. The molecular formula is C14H15BrClNO6. The van der Waals surface area contributed by atoms with E-state index in [9.17, 15) is 20.4 Å². The standard InChI is InChI=1S/C14H15BrClNO6/c15-5-1-2-6-9(10(5)16)7(3-17-6)22-14-13(21)12(20)11(19)8(4-18)23-14/h1-3,8,11-14,17-21H,4H2/t8-,11+,12+,13+,14-/m0/s1. The molecule has 0 radical (unpaired) electrons. The van der Waals surface area contributed by atoms with Crippen molar-refractivity contribution in [1.29, 1.82) is 0 Å². The van der Waals surface area contributed by atoms with Crippen molar-refractivity contribution in [3.05, 3.63) is 27.8 Å². The second-order valence-electron chi connectivity index (χ2n) is 5.25. The number of nitrogens with one attached hydrogen (secondary N) is 1. The Hall–Kier alpha value is -0.870. The number of aromatic nitrogens is 1. The van der Waals surface area contributed by atoms with Crippen molar-refractivity contribution in [2.45, 2.75) is 30.7 Å². The van der Waals surface area contributed by atoms with Crippen LogP contribution < -0.4 is 4.74 Å². The van der Waals surface area contributed by atoms with E-state index in [1.165, 1.54) is 0 Å². The van der Waals surface area contributed by atoms with Crippen LogP contribution >= 0.6 is 27.5 Å². The van der Waals surface area contributed by atoms with E-state index in [-0.39, 0.29) is 0 Å². The number of aliphatic hydroxyl groups is 4. The fraction of sp³-hybridized carbons (Fsp3) is 0.429. The summed E-state index contributed by atoms with van der Waals surface area (Å²) in [4.78, 5) is 2.98. The summed E-state index contributed by atoms with van der Waals surface area (Å²) in [6, 6.07) is 3.57. The number of aromatic amines is 1. The molecule has 3 rings (SSSR count). The molecule has 0 spiro atoms. The van der Waals surface area contributed by atoms with E-state index in [4.69, 9.17) is 21.1 Å². The summed E-state index contributed by atoms with van der Waals surface area (Å²) >= 11 is 9.58. The molecule has 0 amide bonds. The van der Waals surface area contributed by atoms with Crippen LogP contribution in [0.5, 0.6) is 5.75 Å². The molecule has 0 saturated carbocycles. The van der Waals surface area contributed by atoms with E-state index in [1.807, 2.05) is 0 Å². The van der Waals surface area contributed by atoms with Gasteiger partial charge in [-0.1, -0.05) is 11.6 Å². The molecule has 1 saturated heterocycles. The van der Waals surface area contributed by atoms with Gasteiger partial charge in [0.15, 0.2) is 0 Å². The zero-order valence-electron chi connectivity index (χ0n) is 11.7. The van der Waals surface area contributed by atoms with Crippen LogP contribution in [-0.2, 0) is 4.74 Å². The van der Waals surface area contributed by atoms with Gasteiger partial charge in [0.2, 0.25) is 6.29 Å². The zero-order chi connectivity index (χ0) is 16.7. The first-order valence-electron chi connectivity index (χ1n) is 6.86. The number of hydrogen-bond acceptors (Lipinski definition) is 6. The lowest BCUT2D eigenvalue weighted by atomic mass is 9.99. The summed E-state index contributed by atoms with van der Waals surface area (Å²) < 4.78 is 11.6. The molecule has 1 fully saturated rings. The molecule has 2 heterocycles. The average molecular weight is 409 g/mol. The number of benzene rings is 1. The highest BCUT2D eigenvalue weighted by Crippen LogP contribution is 2.38. The normalized spacial score (nSPS) is 31.5. The van der Waals surface area contributed by atoms with Crippen molar-refractivity contribution in [2.75, 3.05) is 6.61 Å². The van der Waals surface area contributed by atoms with Gasteiger partial charge in [0.05, 0.1) is 22.5 Å². The maximum absolute atomic E-state index is 10.0. The molecular weight excluding hydrogens is 394 g/mol. The van der Waals surface area contributed by atoms with E-state index in [2.05, 4.69) is 20.9 Å². The van der Waals surface area contributed by atoms with Gasteiger partial charge in [-0.15, -0.1) is 0 Å². The van der Waals surface area contributed by atoms with E-state index in [0.717, 1.165) is 5.52 Å². The van der Waals surface area contributed by atoms with Crippen LogP contribution in [0.25, 0.3) is 10.9 Å². The highest BCUT2D eigenvalue weighted by atomic mass is 79.9. The topological polar surface area (TPSA) is 115 Å². The van der Waals surface area contributed by atoms with Crippen molar-refractivity contribution in [2.24, 2.45) is 0 Å². The van der Waals surface area contributed by atoms with Gasteiger partial charge in [0.1, 0.15) is 30.2 Å². The molecule has 0 unspecified atom stereocenters. The minimum Gasteiger partial charge on any atom is -0.460 e. The Kier molecular flexibility index (Phi) is 4.84. The third kappa shape index (κ3) is 2.96. The first-order valence-corrected chi connectivity index (χ1v) is 8.03. The first kappa shape index (κ1) is 17.0. The summed E-state index contributed by atoms with van der Waals surface area (Å²) in [5.74, 6) is 0.315. The predicted octanol–water partition coefficient (Wildman–Crippen LogP) is 0.762. The fourth-order valence-corrected chi connectivity index (χ4v) is 3.10. The number of ether oxygens (including phenoxy) is 2.